The van der Waals surface area contributed by atoms with E-state index in [1.807, 2.05) is 20.8 Å². The number of fused-ring (bicyclic) bond motifs is 1. The minimum Gasteiger partial charge on any atom is -0.325 e. The number of amides is 1. The molecule has 5 nitrogen and oxygen atoms in total. The molecule has 1 aliphatic heterocycles. The number of nitrogens with one attached hydrogen (secondary N) is 1. The van der Waals surface area contributed by atoms with Crippen molar-refractivity contribution < 1.29 is 13.2 Å². The number of anilines is 1. The van der Waals surface area contributed by atoms with Gasteiger partial charge in [0, 0.05) is 29.7 Å². The van der Waals surface area contributed by atoms with E-state index in [-0.39, 0.29) is 16.1 Å². The number of rotatable bonds is 6. The number of hydrogen-bond donors (Lipinski definition) is 1. The zero-order valence-corrected chi connectivity index (χ0v) is 15.5. The summed E-state index contributed by atoms with van der Waals surface area (Å²) in [6.45, 7) is 6.84. The van der Waals surface area contributed by atoms with Gasteiger partial charge in [-0.2, -0.15) is 4.31 Å². The Morgan fingerprint density at radius 3 is 2.74 bits per heavy atom. The van der Waals surface area contributed by atoms with E-state index in [0.717, 1.165) is 17.7 Å². The molecule has 0 saturated carbocycles. The predicted octanol–water partition coefficient (Wildman–Crippen LogP) is 3.32. The van der Waals surface area contributed by atoms with Crippen LogP contribution < -0.4 is 5.32 Å². The number of unbranched alkanes of at least 4 members (excludes halogenated alkanes) is 1. The van der Waals surface area contributed by atoms with Crippen molar-refractivity contribution in [1.82, 2.24) is 4.31 Å². The van der Waals surface area contributed by atoms with Crippen LogP contribution in [0.1, 0.15) is 40.0 Å². The van der Waals surface area contributed by atoms with Gasteiger partial charge in [-0.05, 0) is 24.6 Å². The van der Waals surface area contributed by atoms with Crippen LogP contribution in [0.4, 0.5) is 5.69 Å². The molecule has 0 aliphatic carbocycles. The van der Waals surface area contributed by atoms with Crippen molar-refractivity contribution in [2.45, 2.75) is 55.1 Å². The largest absolute Gasteiger partial charge is 0.325 e. The average Bonchev–Trinajstić information content (AvgIpc) is 2.63. The van der Waals surface area contributed by atoms with Crippen LogP contribution >= 0.6 is 11.8 Å². The van der Waals surface area contributed by atoms with Crippen molar-refractivity contribution >= 4 is 33.4 Å². The first-order valence-electron chi connectivity index (χ1n) is 7.99. The van der Waals surface area contributed by atoms with Crippen LogP contribution in [-0.4, -0.2) is 37.0 Å². The molecule has 1 aliphatic rings. The van der Waals surface area contributed by atoms with Gasteiger partial charge < -0.3 is 5.32 Å². The molecule has 0 radical (unpaired) electrons. The highest BCUT2D eigenvalue weighted by Gasteiger charge is 2.25. The molecule has 0 aromatic heterocycles. The lowest BCUT2D eigenvalue weighted by Crippen LogP contribution is -2.31. The van der Waals surface area contributed by atoms with E-state index in [2.05, 4.69) is 5.32 Å². The second-order valence-electron chi connectivity index (χ2n) is 5.69. The Balaban J connectivity index is 2.35. The van der Waals surface area contributed by atoms with Gasteiger partial charge in [0.25, 0.3) is 0 Å². The molecule has 0 fully saturated rings. The van der Waals surface area contributed by atoms with Crippen LogP contribution in [0.5, 0.6) is 0 Å². The minimum atomic E-state index is -3.53. The summed E-state index contributed by atoms with van der Waals surface area (Å²) in [7, 11) is -3.53. The van der Waals surface area contributed by atoms with E-state index in [0.29, 0.717) is 25.2 Å². The molecular weight excluding hydrogens is 332 g/mol. The normalized spacial score (nSPS) is 18.4. The van der Waals surface area contributed by atoms with Gasteiger partial charge in [-0.1, -0.05) is 27.2 Å². The molecule has 1 amide bonds. The number of hydrogen-bond acceptors (Lipinski definition) is 4. The van der Waals surface area contributed by atoms with Crippen LogP contribution in [0.2, 0.25) is 0 Å². The zero-order chi connectivity index (χ0) is 17.0. The summed E-state index contributed by atoms with van der Waals surface area (Å²) < 4.78 is 27.1. The van der Waals surface area contributed by atoms with Gasteiger partial charge >= 0.3 is 0 Å². The van der Waals surface area contributed by atoms with E-state index in [1.54, 1.807) is 30.0 Å². The van der Waals surface area contributed by atoms with E-state index in [1.165, 1.54) is 4.31 Å². The molecule has 1 aromatic carbocycles. The van der Waals surface area contributed by atoms with Crippen molar-refractivity contribution in [2.24, 2.45) is 0 Å². The number of sulfonamides is 1. The van der Waals surface area contributed by atoms with E-state index in [4.69, 9.17) is 0 Å². The van der Waals surface area contributed by atoms with Gasteiger partial charge in [0.1, 0.15) is 0 Å². The number of carbonyl (C=O) groups is 1. The van der Waals surface area contributed by atoms with Crippen molar-refractivity contribution in [3.63, 3.8) is 0 Å². The molecule has 0 spiro atoms. The topological polar surface area (TPSA) is 66.5 Å². The lowest BCUT2D eigenvalue weighted by molar-refractivity contribution is -0.116. The highest BCUT2D eigenvalue weighted by molar-refractivity contribution is 8.00. The highest BCUT2D eigenvalue weighted by Crippen LogP contribution is 2.36. The fourth-order valence-corrected chi connectivity index (χ4v) is 5.09. The Hall–Kier alpha value is -1.05. The van der Waals surface area contributed by atoms with Gasteiger partial charge in [0.05, 0.1) is 10.6 Å². The third-order valence-corrected chi connectivity index (χ3v) is 6.93. The summed E-state index contributed by atoms with van der Waals surface area (Å²) in [5, 5.41) is 3.00. The number of benzene rings is 1. The molecule has 0 bridgehead atoms. The highest BCUT2D eigenvalue weighted by atomic mass is 32.2. The summed E-state index contributed by atoms with van der Waals surface area (Å²) in [5.41, 5.74) is 0.594. The summed E-state index contributed by atoms with van der Waals surface area (Å²) in [5.74, 6) is -0.0726. The summed E-state index contributed by atoms with van der Waals surface area (Å²) >= 11 is 1.59. The van der Waals surface area contributed by atoms with Gasteiger partial charge in [-0.25, -0.2) is 8.42 Å². The Morgan fingerprint density at radius 2 is 2.09 bits per heavy atom. The summed E-state index contributed by atoms with van der Waals surface area (Å²) in [4.78, 5) is 13.0. The summed E-state index contributed by atoms with van der Waals surface area (Å²) in [6.07, 6.45) is 2.21. The first kappa shape index (κ1) is 18.3. The molecule has 0 saturated heterocycles. The van der Waals surface area contributed by atoms with Crippen molar-refractivity contribution in [1.29, 1.82) is 0 Å². The smallest absolute Gasteiger partial charge is 0.243 e. The fraction of sp³-hybridized carbons (Fsp3) is 0.562. The molecule has 128 valence electrons. The Morgan fingerprint density at radius 1 is 1.35 bits per heavy atom. The molecule has 0 unspecified atom stereocenters. The van der Waals surface area contributed by atoms with Gasteiger partial charge in [0.2, 0.25) is 15.9 Å². The SMILES string of the molecule is CCCCN(CC)S(=O)(=O)c1ccc2c(c1)NC(=O)C[C@@H](C)S2. The third-order valence-electron chi connectivity index (χ3n) is 3.78. The lowest BCUT2D eigenvalue weighted by Gasteiger charge is -2.21. The van der Waals surface area contributed by atoms with Crippen LogP contribution in [0, 0.1) is 0 Å². The molecule has 2 rings (SSSR count). The quantitative estimate of drug-likeness (QED) is 0.849. The average molecular weight is 357 g/mol. The van der Waals surface area contributed by atoms with Crippen molar-refractivity contribution in [3.8, 4) is 0 Å². The maximum Gasteiger partial charge on any atom is 0.243 e. The Kier molecular flexibility index (Phi) is 6.11. The van der Waals surface area contributed by atoms with Gasteiger partial charge in [0.15, 0.2) is 0 Å². The lowest BCUT2D eigenvalue weighted by atomic mass is 10.3. The van der Waals surface area contributed by atoms with E-state index >= 15 is 0 Å². The Bertz CT molecular complexity index is 674. The fourth-order valence-electron chi connectivity index (χ4n) is 2.52. The van der Waals surface area contributed by atoms with Crippen LogP contribution in [0.15, 0.2) is 28.0 Å². The van der Waals surface area contributed by atoms with Crippen LogP contribution in [-0.2, 0) is 14.8 Å². The minimum absolute atomic E-state index is 0.0726. The van der Waals surface area contributed by atoms with Crippen molar-refractivity contribution in [3.05, 3.63) is 18.2 Å². The molecule has 1 heterocycles. The molecule has 7 heteroatoms. The molecule has 1 aromatic rings. The van der Waals surface area contributed by atoms with Crippen molar-refractivity contribution in [2.75, 3.05) is 18.4 Å². The number of carbonyl (C=O) groups excluding carboxylic acids is 1. The van der Waals surface area contributed by atoms with Crippen LogP contribution in [0.25, 0.3) is 0 Å². The molecule has 23 heavy (non-hydrogen) atoms. The molecule has 1 N–H and O–H groups in total. The first-order valence-corrected chi connectivity index (χ1v) is 10.3. The maximum absolute atomic E-state index is 12.8. The maximum atomic E-state index is 12.8. The second-order valence-corrected chi connectivity index (χ2v) is 9.11. The van der Waals surface area contributed by atoms with Crippen LogP contribution in [0.3, 0.4) is 0 Å². The standard InChI is InChI=1S/C16H24N2O3S2/c1-4-6-9-18(5-2)23(20,21)13-7-8-15-14(11-13)17-16(19)10-12(3)22-15/h7-8,11-12H,4-6,9-10H2,1-3H3,(H,17,19)/t12-/m1/s1. The van der Waals surface area contributed by atoms with E-state index in [9.17, 15) is 13.2 Å². The predicted molar refractivity (Wildman–Crippen MR) is 94.3 cm³/mol. The number of thioether (sulfide) groups is 1. The van der Waals surface area contributed by atoms with E-state index < -0.39 is 10.0 Å². The first-order chi connectivity index (χ1) is 10.9. The second kappa shape index (κ2) is 7.68. The van der Waals surface area contributed by atoms with Gasteiger partial charge in [-0.3, -0.25) is 4.79 Å². The summed E-state index contributed by atoms with van der Waals surface area (Å²) in [6, 6.07) is 5.02. The Labute approximate surface area is 142 Å². The molecular formula is C16H24N2O3S2. The van der Waals surface area contributed by atoms with Gasteiger partial charge in [-0.15, -0.1) is 11.8 Å². The zero-order valence-electron chi connectivity index (χ0n) is 13.8. The molecule has 1 atom stereocenters. The number of nitrogens with zero attached hydrogens (tertiary/aromatic N) is 1. The monoisotopic (exact) mass is 356 g/mol. The third kappa shape index (κ3) is 4.28.